The van der Waals surface area contributed by atoms with Gasteiger partial charge in [-0.3, -0.25) is 14.9 Å². The molecule has 0 spiro atoms. The highest BCUT2D eigenvalue weighted by atomic mass is 32.2. The van der Waals surface area contributed by atoms with Gasteiger partial charge >= 0.3 is 0 Å². The average Bonchev–Trinajstić information content (AvgIpc) is 2.14. The molecule has 0 bridgehead atoms. The third kappa shape index (κ3) is 4.65. The SMILES string of the molecule is CC(=O)NC(=O)CSc1cccc(C)c1. The Labute approximate surface area is 93.3 Å². The standard InChI is InChI=1S/C11H13NO2S/c1-8-4-3-5-10(6-8)15-7-11(14)12-9(2)13/h3-6H,7H2,1-2H3,(H,12,13,14). The predicted octanol–water partition coefficient (Wildman–Crippen LogP) is 1.75. The quantitative estimate of drug-likeness (QED) is 0.794. The van der Waals surface area contributed by atoms with Crippen LogP contribution in [0.25, 0.3) is 0 Å². The van der Waals surface area contributed by atoms with Gasteiger partial charge in [0.15, 0.2) is 0 Å². The van der Waals surface area contributed by atoms with Crippen molar-refractivity contribution in [2.45, 2.75) is 18.7 Å². The summed E-state index contributed by atoms with van der Waals surface area (Å²) < 4.78 is 0. The third-order valence-electron chi connectivity index (χ3n) is 1.67. The van der Waals surface area contributed by atoms with E-state index in [9.17, 15) is 9.59 Å². The number of imide groups is 1. The molecule has 0 heterocycles. The van der Waals surface area contributed by atoms with Crippen LogP contribution in [0.4, 0.5) is 0 Å². The van der Waals surface area contributed by atoms with Crippen LogP contribution in [0.2, 0.25) is 0 Å². The lowest BCUT2D eigenvalue weighted by Crippen LogP contribution is -2.29. The molecule has 4 heteroatoms. The van der Waals surface area contributed by atoms with Crippen LogP contribution in [0.1, 0.15) is 12.5 Å². The molecule has 15 heavy (non-hydrogen) atoms. The van der Waals surface area contributed by atoms with Gasteiger partial charge in [0, 0.05) is 11.8 Å². The van der Waals surface area contributed by atoms with Crippen LogP contribution in [0.5, 0.6) is 0 Å². The summed E-state index contributed by atoms with van der Waals surface area (Å²) in [4.78, 5) is 22.8. The summed E-state index contributed by atoms with van der Waals surface area (Å²) in [5.74, 6) is -0.304. The molecular weight excluding hydrogens is 210 g/mol. The number of rotatable bonds is 3. The number of benzene rings is 1. The maximum atomic E-state index is 11.2. The highest BCUT2D eigenvalue weighted by Gasteiger charge is 2.04. The average molecular weight is 223 g/mol. The minimum atomic E-state index is -0.315. The van der Waals surface area contributed by atoms with Crippen molar-refractivity contribution in [1.29, 1.82) is 0 Å². The topological polar surface area (TPSA) is 46.2 Å². The molecule has 0 radical (unpaired) electrons. The van der Waals surface area contributed by atoms with E-state index in [0.717, 1.165) is 10.5 Å². The van der Waals surface area contributed by atoms with E-state index in [-0.39, 0.29) is 17.6 Å². The Morgan fingerprint density at radius 2 is 2.13 bits per heavy atom. The Kier molecular flexibility index (Phi) is 4.37. The van der Waals surface area contributed by atoms with Crippen LogP contribution in [-0.2, 0) is 9.59 Å². The first-order chi connectivity index (χ1) is 7.08. The zero-order valence-electron chi connectivity index (χ0n) is 8.74. The second-order valence-corrected chi connectivity index (χ2v) is 4.26. The molecule has 0 aliphatic carbocycles. The van der Waals surface area contributed by atoms with Crippen molar-refractivity contribution in [2.24, 2.45) is 0 Å². The minimum absolute atomic E-state index is 0.256. The lowest BCUT2D eigenvalue weighted by Gasteiger charge is -2.02. The van der Waals surface area contributed by atoms with Gasteiger partial charge in [0.1, 0.15) is 0 Å². The second kappa shape index (κ2) is 5.56. The number of carbonyl (C=O) groups excluding carboxylic acids is 2. The van der Waals surface area contributed by atoms with Crippen molar-refractivity contribution >= 4 is 23.6 Å². The van der Waals surface area contributed by atoms with Crippen LogP contribution in [-0.4, -0.2) is 17.6 Å². The number of nitrogens with one attached hydrogen (secondary N) is 1. The Hall–Kier alpha value is -1.29. The highest BCUT2D eigenvalue weighted by molar-refractivity contribution is 8.00. The number of carbonyl (C=O) groups is 2. The fourth-order valence-electron chi connectivity index (χ4n) is 1.09. The lowest BCUT2D eigenvalue weighted by atomic mass is 10.2. The van der Waals surface area contributed by atoms with E-state index in [2.05, 4.69) is 5.32 Å². The van der Waals surface area contributed by atoms with Gasteiger partial charge in [0.2, 0.25) is 11.8 Å². The summed E-state index contributed by atoms with van der Waals surface area (Å²) >= 11 is 1.42. The van der Waals surface area contributed by atoms with E-state index in [1.807, 2.05) is 31.2 Å². The zero-order valence-corrected chi connectivity index (χ0v) is 9.56. The number of hydrogen-bond acceptors (Lipinski definition) is 3. The molecule has 1 aromatic carbocycles. The molecule has 0 aliphatic rings. The molecule has 0 aromatic heterocycles. The summed E-state index contributed by atoms with van der Waals surface area (Å²) in [5.41, 5.74) is 1.16. The van der Waals surface area contributed by atoms with Gasteiger partial charge in [-0.1, -0.05) is 17.7 Å². The van der Waals surface area contributed by atoms with Crippen molar-refractivity contribution in [3.8, 4) is 0 Å². The number of aryl methyl sites for hydroxylation is 1. The van der Waals surface area contributed by atoms with Crippen molar-refractivity contribution in [3.63, 3.8) is 0 Å². The van der Waals surface area contributed by atoms with Crippen molar-refractivity contribution in [1.82, 2.24) is 5.32 Å². The molecule has 1 aromatic rings. The monoisotopic (exact) mass is 223 g/mol. The van der Waals surface area contributed by atoms with Crippen LogP contribution >= 0.6 is 11.8 Å². The molecule has 0 atom stereocenters. The highest BCUT2D eigenvalue weighted by Crippen LogP contribution is 2.18. The van der Waals surface area contributed by atoms with Gasteiger partial charge in [-0.25, -0.2) is 0 Å². The first kappa shape index (κ1) is 11.8. The molecule has 80 valence electrons. The molecule has 0 fully saturated rings. The summed E-state index contributed by atoms with van der Waals surface area (Å²) in [5, 5.41) is 2.23. The van der Waals surface area contributed by atoms with Crippen molar-refractivity contribution in [3.05, 3.63) is 29.8 Å². The third-order valence-corrected chi connectivity index (χ3v) is 2.67. The van der Waals surface area contributed by atoms with Crippen molar-refractivity contribution < 1.29 is 9.59 Å². The van der Waals surface area contributed by atoms with Crippen LogP contribution in [0, 0.1) is 6.92 Å². The number of hydrogen-bond donors (Lipinski definition) is 1. The van der Waals surface area contributed by atoms with Crippen LogP contribution in [0.15, 0.2) is 29.2 Å². The Morgan fingerprint density at radius 3 is 2.73 bits per heavy atom. The van der Waals surface area contributed by atoms with E-state index in [4.69, 9.17) is 0 Å². The largest absolute Gasteiger partial charge is 0.296 e. The zero-order chi connectivity index (χ0) is 11.3. The van der Waals surface area contributed by atoms with Gasteiger partial charge < -0.3 is 0 Å². The molecule has 2 amide bonds. The molecule has 0 unspecified atom stereocenters. The molecule has 0 saturated heterocycles. The molecule has 0 saturated carbocycles. The maximum Gasteiger partial charge on any atom is 0.236 e. The predicted molar refractivity (Wildman–Crippen MR) is 60.7 cm³/mol. The molecule has 1 rings (SSSR count). The fraction of sp³-hybridized carbons (Fsp3) is 0.273. The summed E-state index contributed by atoms with van der Waals surface area (Å²) in [6.45, 7) is 3.33. The fourth-order valence-corrected chi connectivity index (χ4v) is 1.90. The number of amides is 2. The van der Waals surface area contributed by atoms with Gasteiger partial charge in [0.05, 0.1) is 5.75 Å². The summed E-state index contributed by atoms with van der Waals surface area (Å²) in [6.07, 6.45) is 0. The maximum absolute atomic E-state index is 11.2. The van der Waals surface area contributed by atoms with Gasteiger partial charge in [-0.05, 0) is 19.1 Å². The van der Waals surface area contributed by atoms with Crippen LogP contribution < -0.4 is 5.32 Å². The molecule has 3 nitrogen and oxygen atoms in total. The summed E-state index contributed by atoms with van der Waals surface area (Å²) in [7, 11) is 0. The number of thioether (sulfide) groups is 1. The molecule has 0 aliphatic heterocycles. The minimum Gasteiger partial charge on any atom is -0.296 e. The van der Waals surface area contributed by atoms with Gasteiger partial charge in [0.25, 0.3) is 0 Å². The van der Waals surface area contributed by atoms with E-state index >= 15 is 0 Å². The van der Waals surface area contributed by atoms with Crippen LogP contribution in [0.3, 0.4) is 0 Å². The Bertz CT molecular complexity index is 377. The van der Waals surface area contributed by atoms with E-state index < -0.39 is 0 Å². The Morgan fingerprint density at radius 1 is 1.40 bits per heavy atom. The van der Waals surface area contributed by atoms with Gasteiger partial charge in [-0.15, -0.1) is 11.8 Å². The summed E-state index contributed by atoms with van der Waals surface area (Å²) in [6, 6.07) is 7.89. The van der Waals surface area contributed by atoms with E-state index in [1.165, 1.54) is 18.7 Å². The first-order valence-electron chi connectivity index (χ1n) is 4.58. The smallest absolute Gasteiger partial charge is 0.236 e. The normalized spacial score (nSPS) is 9.73. The van der Waals surface area contributed by atoms with E-state index in [0.29, 0.717) is 0 Å². The second-order valence-electron chi connectivity index (χ2n) is 3.21. The van der Waals surface area contributed by atoms with Gasteiger partial charge in [-0.2, -0.15) is 0 Å². The lowest BCUT2D eigenvalue weighted by molar-refractivity contribution is -0.127. The first-order valence-corrected chi connectivity index (χ1v) is 5.56. The Balaban J connectivity index is 2.43. The van der Waals surface area contributed by atoms with E-state index in [1.54, 1.807) is 0 Å². The van der Waals surface area contributed by atoms with Crippen molar-refractivity contribution in [2.75, 3.05) is 5.75 Å². The molecular formula is C11H13NO2S. The molecule has 1 N–H and O–H groups in total.